The van der Waals surface area contributed by atoms with E-state index in [4.69, 9.17) is 9.84 Å². The van der Waals surface area contributed by atoms with Crippen molar-refractivity contribution in [1.29, 1.82) is 0 Å². The van der Waals surface area contributed by atoms with Gasteiger partial charge in [-0.1, -0.05) is 0 Å². The van der Waals surface area contributed by atoms with Crippen LogP contribution in [-0.4, -0.2) is 59.8 Å². The van der Waals surface area contributed by atoms with Crippen molar-refractivity contribution in [3.8, 4) is 0 Å². The Bertz CT molecular complexity index is 649. The summed E-state index contributed by atoms with van der Waals surface area (Å²) in [5.41, 5.74) is 0.895. The molecule has 0 saturated carbocycles. The minimum atomic E-state index is -1.28. The molecule has 2 aromatic rings. The van der Waals surface area contributed by atoms with Gasteiger partial charge >= 0.3 is 6.08 Å². The van der Waals surface area contributed by atoms with Crippen LogP contribution in [0.4, 0.5) is 4.39 Å². The Morgan fingerprint density at radius 3 is 2.75 bits per heavy atom. The maximum atomic E-state index is 13.3. The van der Waals surface area contributed by atoms with Crippen molar-refractivity contribution in [3.05, 3.63) is 18.1 Å². The van der Waals surface area contributed by atoms with Gasteiger partial charge in [0.25, 0.3) is 0 Å². The summed E-state index contributed by atoms with van der Waals surface area (Å²) in [6, 6.07) is 0. The summed E-state index contributed by atoms with van der Waals surface area (Å²) in [7, 11) is 0. The van der Waals surface area contributed by atoms with Crippen molar-refractivity contribution in [2.45, 2.75) is 31.5 Å². The Kier molecular flexibility index (Phi) is 3.13. The molecule has 108 valence electrons. The van der Waals surface area contributed by atoms with Crippen molar-refractivity contribution in [3.63, 3.8) is 0 Å². The summed E-state index contributed by atoms with van der Waals surface area (Å²) in [5.74, 6) is 0. The zero-order chi connectivity index (χ0) is 14.4. The highest BCUT2D eigenvalue weighted by Gasteiger charge is 2.44. The maximum Gasteiger partial charge on any atom is 0.310 e. The van der Waals surface area contributed by atoms with E-state index in [1.54, 1.807) is 6.92 Å². The molecule has 0 amide bonds. The molecule has 8 nitrogen and oxygen atoms in total. The van der Waals surface area contributed by atoms with Crippen LogP contribution in [0.2, 0.25) is 0 Å². The zero-order valence-electron chi connectivity index (χ0n) is 10.5. The summed E-state index contributed by atoms with van der Waals surface area (Å²) in [6.07, 6.45) is -4.02. The molecule has 0 aliphatic carbocycles. The number of imidazole rings is 1. The van der Waals surface area contributed by atoms with Crippen molar-refractivity contribution >= 4 is 11.2 Å². The van der Waals surface area contributed by atoms with E-state index in [1.807, 2.05) is 0 Å². The van der Waals surface area contributed by atoms with E-state index in [0.717, 1.165) is 0 Å². The van der Waals surface area contributed by atoms with Crippen LogP contribution < -0.4 is 0 Å². The van der Waals surface area contributed by atoms with Crippen LogP contribution >= 0.6 is 0 Å². The predicted octanol–water partition coefficient (Wildman–Crippen LogP) is -1.11. The van der Waals surface area contributed by atoms with Crippen LogP contribution in [0.1, 0.15) is 11.9 Å². The molecule has 0 unspecified atom stereocenters. The van der Waals surface area contributed by atoms with Gasteiger partial charge in [0.05, 0.1) is 18.6 Å². The molecule has 3 heterocycles. The van der Waals surface area contributed by atoms with E-state index in [0.29, 0.717) is 11.2 Å². The van der Waals surface area contributed by atoms with E-state index in [2.05, 4.69) is 15.0 Å². The maximum absolute atomic E-state index is 13.3. The fraction of sp³-hybridized carbons (Fsp3) is 0.545. The quantitative estimate of drug-likeness (QED) is 0.598. The molecule has 4 atom stereocenters. The molecule has 1 fully saturated rings. The normalized spacial score (nSPS) is 30.2. The third-order valence-corrected chi connectivity index (χ3v) is 3.36. The van der Waals surface area contributed by atoms with Gasteiger partial charge in [-0.15, -0.1) is 0 Å². The highest BCUT2D eigenvalue weighted by molar-refractivity contribution is 5.72. The number of fused-ring (bicyclic) bond motifs is 1. The standard InChI is InChI=1S/C11H13FN4O4/c1-4-6-9(15-11(12)14-4)16(3-13-6)10-8(19)7(18)5(2-17)20-10/h3,5,7-8,10,17-19H,2H2,1H3/t5-,7-,8+,10-/m1/s1/i12-1. The second kappa shape index (κ2) is 4.70. The van der Waals surface area contributed by atoms with Gasteiger partial charge in [-0.05, 0) is 6.92 Å². The zero-order valence-corrected chi connectivity index (χ0v) is 10.5. The molecule has 0 spiro atoms. The molecule has 9 heteroatoms. The Balaban J connectivity index is 2.07. The van der Waals surface area contributed by atoms with Gasteiger partial charge in [0.15, 0.2) is 11.9 Å². The molecule has 1 saturated heterocycles. The predicted molar refractivity (Wildman–Crippen MR) is 63.0 cm³/mol. The van der Waals surface area contributed by atoms with Crippen LogP contribution in [0.3, 0.4) is 0 Å². The number of aliphatic hydroxyl groups excluding tert-OH is 3. The molecule has 1 aliphatic heterocycles. The molecule has 3 rings (SSSR count). The van der Waals surface area contributed by atoms with Gasteiger partial charge in [-0.2, -0.15) is 9.37 Å². The van der Waals surface area contributed by atoms with Gasteiger partial charge < -0.3 is 20.1 Å². The summed E-state index contributed by atoms with van der Waals surface area (Å²) >= 11 is 0. The fourth-order valence-electron chi connectivity index (χ4n) is 2.32. The van der Waals surface area contributed by atoms with Crippen LogP contribution in [0.5, 0.6) is 0 Å². The lowest BCUT2D eigenvalue weighted by atomic mass is 10.1. The van der Waals surface area contributed by atoms with Gasteiger partial charge in [-0.25, -0.2) is 9.97 Å². The van der Waals surface area contributed by atoms with Crippen molar-refractivity contribution in [2.24, 2.45) is 0 Å². The van der Waals surface area contributed by atoms with Gasteiger partial charge in [0, 0.05) is 0 Å². The topological polar surface area (TPSA) is 114 Å². The Labute approximate surface area is 112 Å². The Morgan fingerprint density at radius 2 is 2.10 bits per heavy atom. The fourth-order valence-corrected chi connectivity index (χ4v) is 2.32. The molecular weight excluding hydrogens is 270 g/mol. The first kappa shape index (κ1) is 13.3. The average Bonchev–Trinajstić information content (AvgIpc) is 2.93. The number of aliphatic hydroxyl groups is 3. The number of hydrogen-bond acceptors (Lipinski definition) is 7. The van der Waals surface area contributed by atoms with Gasteiger partial charge in [0.2, 0.25) is 0 Å². The number of aryl methyl sites for hydroxylation is 1. The smallest absolute Gasteiger partial charge is 0.310 e. The third-order valence-electron chi connectivity index (χ3n) is 3.36. The molecule has 20 heavy (non-hydrogen) atoms. The monoisotopic (exact) mass is 283 g/mol. The Hall–Kier alpha value is -1.68. The molecular formula is C11H13FN4O4. The van der Waals surface area contributed by atoms with E-state index >= 15 is 0 Å². The van der Waals surface area contributed by atoms with E-state index < -0.39 is 37.2 Å². The molecule has 0 bridgehead atoms. The summed E-state index contributed by atoms with van der Waals surface area (Å²) < 4.78 is 20.0. The largest absolute Gasteiger partial charge is 0.394 e. The van der Waals surface area contributed by atoms with Crippen LogP contribution in [0, 0.1) is 13.0 Å². The molecule has 0 radical (unpaired) electrons. The lowest BCUT2D eigenvalue weighted by Crippen LogP contribution is -2.33. The summed E-state index contributed by atoms with van der Waals surface area (Å²) in [6.45, 7) is 1.14. The number of nitrogens with zero attached hydrogens (tertiary/aromatic N) is 4. The lowest BCUT2D eigenvalue weighted by Gasteiger charge is -2.16. The second-order valence-electron chi connectivity index (χ2n) is 4.63. The first-order valence-corrected chi connectivity index (χ1v) is 6.02. The van der Waals surface area contributed by atoms with Crippen molar-refractivity contribution < 1.29 is 24.4 Å². The lowest BCUT2D eigenvalue weighted by molar-refractivity contribution is -0.0511. The van der Waals surface area contributed by atoms with Crippen LogP contribution in [0.25, 0.3) is 11.2 Å². The summed E-state index contributed by atoms with van der Waals surface area (Å²) in [4.78, 5) is 11.2. The number of halogens is 1. The second-order valence-corrected chi connectivity index (χ2v) is 4.63. The highest BCUT2D eigenvalue weighted by atomic mass is 18.2. The van der Waals surface area contributed by atoms with E-state index in [-0.39, 0.29) is 5.65 Å². The van der Waals surface area contributed by atoms with Crippen molar-refractivity contribution in [1.82, 2.24) is 19.5 Å². The highest BCUT2D eigenvalue weighted by Crippen LogP contribution is 2.31. The van der Waals surface area contributed by atoms with E-state index in [1.165, 1.54) is 10.9 Å². The number of hydrogen-bond donors (Lipinski definition) is 3. The molecule has 3 N–H and O–H groups in total. The summed E-state index contributed by atoms with van der Waals surface area (Å²) in [5, 5.41) is 28.8. The van der Waals surface area contributed by atoms with Gasteiger partial charge in [-0.3, -0.25) is 4.57 Å². The number of rotatable bonds is 2. The molecule has 2 aromatic heterocycles. The molecule has 0 aromatic carbocycles. The SMILES string of the molecule is Cc1nc([18F])nc2c1ncn2[C@@H]1O[C@H](CO)[C@@H](O)[C@@H]1O. The van der Waals surface area contributed by atoms with E-state index in [9.17, 15) is 14.6 Å². The Morgan fingerprint density at radius 1 is 1.35 bits per heavy atom. The van der Waals surface area contributed by atoms with Crippen LogP contribution in [0.15, 0.2) is 6.33 Å². The number of ether oxygens (including phenoxy) is 1. The van der Waals surface area contributed by atoms with Gasteiger partial charge in [0.1, 0.15) is 23.8 Å². The third kappa shape index (κ3) is 1.86. The molecule has 1 aliphatic rings. The first-order valence-electron chi connectivity index (χ1n) is 6.02. The number of aromatic nitrogens is 4. The average molecular weight is 283 g/mol. The van der Waals surface area contributed by atoms with Crippen molar-refractivity contribution in [2.75, 3.05) is 6.61 Å². The van der Waals surface area contributed by atoms with Crippen LogP contribution in [-0.2, 0) is 4.74 Å². The minimum Gasteiger partial charge on any atom is -0.394 e. The first-order chi connectivity index (χ1) is 9.52. The minimum absolute atomic E-state index is 0.157.